The monoisotopic (exact) mass is 832 g/mol. The third-order valence-corrected chi connectivity index (χ3v) is 11.1. The maximum atomic E-state index is 12.9. The molecule has 0 saturated carbocycles. The van der Waals surface area contributed by atoms with Crippen LogP contribution >= 0.6 is 0 Å². The van der Waals surface area contributed by atoms with Gasteiger partial charge >= 0.3 is 0 Å². The zero-order chi connectivity index (χ0) is 43.0. The van der Waals surface area contributed by atoms with Crippen molar-refractivity contribution in [3.05, 3.63) is 60.8 Å². The molecule has 1 heterocycles. The number of carbonyl (C=O) groups is 1. The molecule has 0 aliphatic carbocycles. The molecule has 0 bridgehead atoms. The quantitative estimate of drug-likeness (QED) is 0.0265. The second kappa shape index (κ2) is 40.0. The van der Waals surface area contributed by atoms with Gasteiger partial charge in [-0.15, -0.1) is 0 Å². The molecule has 9 heteroatoms. The normalized spacial score (nSPS) is 21.2. The van der Waals surface area contributed by atoms with Gasteiger partial charge in [0.25, 0.3) is 0 Å². The van der Waals surface area contributed by atoms with E-state index in [0.29, 0.717) is 6.42 Å². The van der Waals surface area contributed by atoms with Crippen LogP contribution in [0.2, 0.25) is 0 Å². The van der Waals surface area contributed by atoms with Gasteiger partial charge in [0, 0.05) is 6.42 Å². The summed E-state index contributed by atoms with van der Waals surface area (Å²) >= 11 is 0. The molecule has 0 aromatic rings. The maximum Gasteiger partial charge on any atom is 0.220 e. The van der Waals surface area contributed by atoms with Crippen LogP contribution in [0.15, 0.2) is 60.8 Å². The van der Waals surface area contributed by atoms with Crippen molar-refractivity contribution in [3.8, 4) is 0 Å². The van der Waals surface area contributed by atoms with E-state index in [0.717, 1.165) is 44.9 Å². The van der Waals surface area contributed by atoms with Crippen LogP contribution in [-0.2, 0) is 14.3 Å². The molecule has 1 saturated heterocycles. The van der Waals surface area contributed by atoms with Crippen molar-refractivity contribution < 1.29 is 39.8 Å². The Kier molecular flexibility index (Phi) is 37.2. The summed E-state index contributed by atoms with van der Waals surface area (Å²) in [6.07, 6.45) is 45.5. The molecule has 0 spiro atoms. The molecule has 1 amide bonds. The number of amides is 1. The summed E-state index contributed by atoms with van der Waals surface area (Å²) in [5.74, 6) is -0.232. The SMILES string of the molecule is CCCCCCCCC/C=C/C/C=C/C/C=C/C/C=C/CCCC(=O)N[C@@H](CO[C@H]1O[C@@H](CO)[C@H](O)C(O)C1O)[C@H](O)/C=C/CCCCCCCCCCCCCCC. The minimum absolute atomic E-state index is 0.212. The van der Waals surface area contributed by atoms with Crippen molar-refractivity contribution in [2.45, 2.75) is 236 Å². The largest absolute Gasteiger partial charge is 0.394 e. The van der Waals surface area contributed by atoms with E-state index in [-0.39, 0.29) is 18.9 Å². The van der Waals surface area contributed by atoms with Gasteiger partial charge in [-0.25, -0.2) is 0 Å². The van der Waals surface area contributed by atoms with Gasteiger partial charge in [0.1, 0.15) is 24.4 Å². The lowest BCUT2D eigenvalue weighted by Crippen LogP contribution is -2.60. The molecule has 342 valence electrons. The number of hydrogen-bond acceptors (Lipinski definition) is 8. The van der Waals surface area contributed by atoms with E-state index in [2.05, 4.69) is 67.8 Å². The molecular weight excluding hydrogens is 743 g/mol. The fraction of sp³-hybridized carbons (Fsp3) is 0.780. The zero-order valence-corrected chi connectivity index (χ0v) is 37.5. The Labute approximate surface area is 360 Å². The van der Waals surface area contributed by atoms with Crippen LogP contribution in [0.5, 0.6) is 0 Å². The third kappa shape index (κ3) is 30.6. The average Bonchev–Trinajstić information content (AvgIpc) is 3.23. The van der Waals surface area contributed by atoms with Crippen LogP contribution in [0, 0.1) is 0 Å². The molecule has 1 fully saturated rings. The lowest BCUT2D eigenvalue weighted by Gasteiger charge is -2.40. The Bertz CT molecular complexity index is 1100. The van der Waals surface area contributed by atoms with Crippen molar-refractivity contribution in [2.24, 2.45) is 0 Å². The Balaban J connectivity index is 2.39. The van der Waals surface area contributed by atoms with Crippen molar-refractivity contribution in [2.75, 3.05) is 13.2 Å². The molecule has 7 atom stereocenters. The Hall–Kier alpha value is -2.11. The van der Waals surface area contributed by atoms with E-state index in [1.165, 1.54) is 122 Å². The van der Waals surface area contributed by atoms with Gasteiger partial charge in [-0.3, -0.25) is 4.79 Å². The lowest BCUT2D eigenvalue weighted by atomic mass is 9.99. The van der Waals surface area contributed by atoms with Crippen LogP contribution in [0.1, 0.15) is 194 Å². The number of ether oxygens (including phenoxy) is 2. The molecular formula is C50H89NO8. The van der Waals surface area contributed by atoms with Crippen LogP contribution in [0.4, 0.5) is 0 Å². The number of allylic oxidation sites excluding steroid dienone is 9. The molecule has 59 heavy (non-hydrogen) atoms. The van der Waals surface area contributed by atoms with E-state index in [1.807, 2.05) is 6.08 Å². The van der Waals surface area contributed by atoms with Gasteiger partial charge in [-0.2, -0.15) is 0 Å². The number of nitrogens with one attached hydrogen (secondary N) is 1. The zero-order valence-electron chi connectivity index (χ0n) is 37.5. The van der Waals surface area contributed by atoms with Gasteiger partial charge in [0.15, 0.2) is 6.29 Å². The molecule has 6 N–H and O–H groups in total. The van der Waals surface area contributed by atoms with Crippen molar-refractivity contribution >= 4 is 5.91 Å². The Morgan fingerprint density at radius 1 is 0.576 bits per heavy atom. The average molecular weight is 832 g/mol. The highest BCUT2D eigenvalue weighted by molar-refractivity contribution is 5.76. The van der Waals surface area contributed by atoms with Crippen LogP contribution < -0.4 is 5.32 Å². The summed E-state index contributed by atoms with van der Waals surface area (Å²) in [6.45, 7) is 3.73. The standard InChI is InChI=1S/C50H89NO8/c1-3-5-7-9-11-13-15-17-19-20-21-22-23-24-26-28-30-32-34-36-38-40-46(54)51-43(42-58-50-49(57)48(56)47(55)45(41-52)59-50)44(53)39-37-35-33-31-29-27-25-18-16-14-12-10-8-6-4-2/h19-20,22-23,26,28,32,34,37,39,43-45,47-50,52-53,55-57H,3-18,21,24-25,27,29-31,33,35-36,38,40-42H2,1-2H3,(H,51,54)/b20-19+,23-22+,28-26+,34-32+,39-37+/t43-,44+,45-,47-,48?,49?,50-/m0/s1. The second-order valence-electron chi connectivity index (χ2n) is 16.5. The molecule has 2 unspecified atom stereocenters. The first kappa shape index (κ1) is 54.9. The molecule has 9 nitrogen and oxygen atoms in total. The highest BCUT2D eigenvalue weighted by atomic mass is 16.7. The highest BCUT2D eigenvalue weighted by Crippen LogP contribution is 2.22. The van der Waals surface area contributed by atoms with Gasteiger partial charge in [-0.05, 0) is 57.8 Å². The van der Waals surface area contributed by atoms with Gasteiger partial charge in [0.2, 0.25) is 5.91 Å². The summed E-state index contributed by atoms with van der Waals surface area (Å²) in [5.41, 5.74) is 0. The first-order chi connectivity index (χ1) is 28.8. The molecule has 1 rings (SSSR count). The molecule has 0 aromatic carbocycles. The van der Waals surface area contributed by atoms with Gasteiger partial charge in [-0.1, -0.05) is 190 Å². The first-order valence-corrected chi connectivity index (χ1v) is 24.0. The minimum atomic E-state index is -1.58. The van der Waals surface area contributed by atoms with E-state index >= 15 is 0 Å². The molecule has 1 aliphatic heterocycles. The van der Waals surface area contributed by atoms with Crippen molar-refractivity contribution in [1.29, 1.82) is 0 Å². The number of carbonyl (C=O) groups excluding carboxylic acids is 1. The van der Waals surface area contributed by atoms with E-state index in [4.69, 9.17) is 9.47 Å². The van der Waals surface area contributed by atoms with Gasteiger partial charge < -0.3 is 40.3 Å². The lowest BCUT2D eigenvalue weighted by molar-refractivity contribution is -0.302. The number of rotatable bonds is 39. The van der Waals surface area contributed by atoms with Crippen molar-refractivity contribution in [3.63, 3.8) is 0 Å². The first-order valence-electron chi connectivity index (χ1n) is 24.0. The van der Waals surface area contributed by atoms with Crippen LogP contribution in [0.3, 0.4) is 0 Å². The fourth-order valence-electron chi connectivity index (χ4n) is 7.21. The van der Waals surface area contributed by atoms with Crippen LogP contribution in [0.25, 0.3) is 0 Å². The summed E-state index contributed by atoms with van der Waals surface area (Å²) in [7, 11) is 0. The molecule has 1 aliphatic rings. The topological polar surface area (TPSA) is 149 Å². The maximum absolute atomic E-state index is 12.9. The Morgan fingerprint density at radius 3 is 1.47 bits per heavy atom. The predicted molar refractivity (Wildman–Crippen MR) is 244 cm³/mol. The summed E-state index contributed by atoms with van der Waals surface area (Å²) in [4.78, 5) is 12.9. The number of aliphatic hydroxyl groups is 5. The van der Waals surface area contributed by atoms with E-state index in [9.17, 15) is 30.3 Å². The fourth-order valence-corrected chi connectivity index (χ4v) is 7.21. The summed E-state index contributed by atoms with van der Waals surface area (Å²) in [6, 6.07) is -0.835. The second-order valence-corrected chi connectivity index (χ2v) is 16.5. The smallest absolute Gasteiger partial charge is 0.220 e. The van der Waals surface area contributed by atoms with Crippen molar-refractivity contribution in [1.82, 2.24) is 5.32 Å². The Morgan fingerprint density at radius 2 is 1.00 bits per heavy atom. The van der Waals surface area contributed by atoms with E-state index < -0.39 is 49.5 Å². The highest BCUT2D eigenvalue weighted by Gasteiger charge is 2.44. The summed E-state index contributed by atoms with van der Waals surface area (Å²) in [5, 5.41) is 54.2. The number of unbranched alkanes of at least 4 members (excludes halogenated alkanes) is 21. The third-order valence-electron chi connectivity index (χ3n) is 11.1. The molecule has 0 radical (unpaired) electrons. The number of hydrogen-bond donors (Lipinski definition) is 6. The predicted octanol–water partition coefficient (Wildman–Crippen LogP) is 10.4. The van der Waals surface area contributed by atoms with Gasteiger partial charge in [0.05, 0.1) is 25.4 Å². The summed E-state index contributed by atoms with van der Waals surface area (Å²) < 4.78 is 11.2. The van der Waals surface area contributed by atoms with Crippen LogP contribution in [-0.4, -0.2) is 87.5 Å². The van der Waals surface area contributed by atoms with E-state index in [1.54, 1.807) is 6.08 Å². The molecule has 0 aromatic heterocycles. The number of aliphatic hydroxyl groups excluding tert-OH is 5. The minimum Gasteiger partial charge on any atom is -0.394 e.